The monoisotopic (exact) mass is 107 g/mol. The zero-order valence-corrected chi connectivity index (χ0v) is 3.79. The molecular weight excluding hydrogens is 102 g/mol. The summed E-state index contributed by atoms with van der Waals surface area (Å²) in [6.07, 6.45) is 0. The van der Waals surface area contributed by atoms with Gasteiger partial charge in [0.25, 0.3) is 5.18 Å². The lowest BCUT2D eigenvalue weighted by atomic mass is 11.1. The van der Waals surface area contributed by atoms with Crippen molar-refractivity contribution in [3.63, 3.8) is 0 Å². The number of nitrogens with two attached hydrogens (primary N) is 2. The highest BCUT2D eigenvalue weighted by Gasteiger charge is 2.42. The summed E-state index contributed by atoms with van der Waals surface area (Å²) >= 11 is 1.11. The average molecular weight is 107 g/mol. The molecule has 1 atom stereocenters. The van der Waals surface area contributed by atoms with Crippen LogP contribution in [0.3, 0.4) is 0 Å². The summed E-state index contributed by atoms with van der Waals surface area (Å²) in [5.74, 6) is 4.85. The highest BCUT2D eigenvalue weighted by molar-refractivity contribution is 8.01. The lowest BCUT2D eigenvalue weighted by Crippen LogP contribution is -2.44. The summed E-state index contributed by atoms with van der Waals surface area (Å²) in [7, 11) is 0. The fourth-order valence-electron chi connectivity index (χ4n) is 0.0930. The van der Waals surface area contributed by atoms with Crippen LogP contribution >= 0.6 is 12.0 Å². The minimum atomic E-state index is -0.764. The van der Waals surface area contributed by atoms with Crippen LogP contribution in [0.4, 0.5) is 0 Å². The molecule has 0 aromatic carbocycles. The van der Waals surface area contributed by atoms with Gasteiger partial charge in [0.1, 0.15) is 0 Å². The van der Waals surface area contributed by atoms with Crippen molar-refractivity contribution in [2.45, 2.75) is 5.18 Å². The Bertz CT molecular complexity index is 61.8. The van der Waals surface area contributed by atoms with Crippen molar-refractivity contribution in [3.05, 3.63) is 0 Å². The Hall–Kier alpha value is 0.190. The molecule has 0 aromatic rings. The van der Waals surface area contributed by atoms with Crippen LogP contribution in [-0.2, 0) is 4.18 Å². The van der Waals surface area contributed by atoms with E-state index >= 15 is 0 Å². The van der Waals surface area contributed by atoms with Crippen molar-refractivity contribution in [1.82, 2.24) is 5.43 Å². The van der Waals surface area contributed by atoms with Gasteiger partial charge in [0.2, 0.25) is 0 Å². The maximum absolute atomic E-state index is 5.15. The first kappa shape index (κ1) is 4.35. The van der Waals surface area contributed by atoms with Crippen molar-refractivity contribution >= 4 is 12.0 Å². The van der Waals surface area contributed by atoms with E-state index in [4.69, 9.17) is 11.6 Å². The topological polar surface area (TPSA) is 76.6 Å². The molecule has 0 aliphatic carbocycles. The standard InChI is InChI=1S/CH5N3OS/c2-1(4-3)5-6-1/h4H,2-3H2. The molecule has 1 heterocycles. The van der Waals surface area contributed by atoms with E-state index < -0.39 is 5.18 Å². The molecule has 1 aliphatic rings. The molecule has 0 bridgehead atoms. The summed E-state index contributed by atoms with van der Waals surface area (Å²) < 4.78 is 4.50. The van der Waals surface area contributed by atoms with Gasteiger partial charge >= 0.3 is 0 Å². The molecule has 6 heavy (non-hydrogen) atoms. The maximum Gasteiger partial charge on any atom is 0.272 e. The normalized spacial score (nSPS) is 43.0. The quantitative estimate of drug-likeness (QED) is 0.128. The summed E-state index contributed by atoms with van der Waals surface area (Å²) in [5, 5.41) is -0.764. The van der Waals surface area contributed by atoms with Gasteiger partial charge in [-0.05, 0) is 0 Å². The third-order valence-corrected chi connectivity index (χ3v) is 1.11. The van der Waals surface area contributed by atoms with Crippen molar-refractivity contribution in [3.8, 4) is 0 Å². The van der Waals surface area contributed by atoms with Gasteiger partial charge in [-0.1, -0.05) is 0 Å². The first-order chi connectivity index (χ1) is 2.77. The molecular formula is CH5N3OS. The van der Waals surface area contributed by atoms with Crippen LogP contribution in [0.15, 0.2) is 0 Å². The highest BCUT2D eigenvalue weighted by atomic mass is 32.2. The Morgan fingerprint density at radius 1 is 1.83 bits per heavy atom. The third kappa shape index (κ3) is 0.636. The number of hydrogen-bond donors (Lipinski definition) is 3. The zero-order chi connectivity index (χ0) is 4.62. The molecule has 1 unspecified atom stereocenters. The van der Waals surface area contributed by atoms with Crippen molar-refractivity contribution in [1.29, 1.82) is 0 Å². The van der Waals surface area contributed by atoms with Crippen LogP contribution in [0, 0.1) is 0 Å². The molecule has 0 spiro atoms. The minimum Gasteiger partial charge on any atom is -0.278 e. The molecule has 4 nitrogen and oxygen atoms in total. The number of hydrazine groups is 1. The molecule has 5 N–H and O–H groups in total. The number of rotatable bonds is 1. The first-order valence-electron chi connectivity index (χ1n) is 1.40. The molecule has 0 aromatic heterocycles. The summed E-state index contributed by atoms with van der Waals surface area (Å²) in [6, 6.07) is 0. The number of nitrogens with one attached hydrogen (secondary N) is 1. The lowest BCUT2D eigenvalue weighted by Gasteiger charge is -1.93. The minimum absolute atomic E-state index is 0.764. The second-order valence-corrected chi connectivity index (χ2v) is 1.92. The lowest BCUT2D eigenvalue weighted by molar-refractivity contribution is 0.274. The van der Waals surface area contributed by atoms with Crippen LogP contribution in [0.1, 0.15) is 0 Å². The molecule has 1 aliphatic heterocycles. The van der Waals surface area contributed by atoms with E-state index in [2.05, 4.69) is 9.61 Å². The second-order valence-electron chi connectivity index (χ2n) is 0.979. The van der Waals surface area contributed by atoms with Gasteiger partial charge in [0.15, 0.2) is 0 Å². The van der Waals surface area contributed by atoms with E-state index in [0.29, 0.717) is 0 Å². The maximum atomic E-state index is 5.15. The average Bonchev–Trinajstić information content (AvgIpc) is 2.22. The molecule has 0 saturated carbocycles. The van der Waals surface area contributed by atoms with E-state index in [1.54, 1.807) is 0 Å². The van der Waals surface area contributed by atoms with Gasteiger partial charge in [0, 0.05) is 0 Å². The largest absolute Gasteiger partial charge is 0.278 e. The van der Waals surface area contributed by atoms with Gasteiger partial charge < -0.3 is 0 Å². The summed E-state index contributed by atoms with van der Waals surface area (Å²) in [5.41, 5.74) is 7.38. The van der Waals surface area contributed by atoms with E-state index in [9.17, 15) is 0 Å². The SMILES string of the molecule is NNC1(N)OS1. The second kappa shape index (κ2) is 1.08. The van der Waals surface area contributed by atoms with Crippen molar-refractivity contribution in [2.75, 3.05) is 0 Å². The van der Waals surface area contributed by atoms with Crippen LogP contribution in [0.5, 0.6) is 0 Å². The fourth-order valence-corrected chi connectivity index (χ4v) is 0.279. The predicted octanol–water partition coefficient (Wildman–Crippen LogP) is -1.30. The molecule has 1 saturated heterocycles. The van der Waals surface area contributed by atoms with Gasteiger partial charge in [-0.15, -0.1) is 0 Å². The number of hydrogen-bond acceptors (Lipinski definition) is 5. The van der Waals surface area contributed by atoms with Crippen LogP contribution in [0.25, 0.3) is 0 Å². The molecule has 5 heteroatoms. The molecule has 0 radical (unpaired) electrons. The molecule has 0 amide bonds. The smallest absolute Gasteiger partial charge is 0.272 e. The first-order valence-corrected chi connectivity index (χ1v) is 2.14. The van der Waals surface area contributed by atoms with Gasteiger partial charge in [-0.3, -0.25) is 15.8 Å². The molecule has 1 rings (SSSR count). The van der Waals surface area contributed by atoms with Crippen LogP contribution < -0.4 is 17.0 Å². The van der Waals surface area contributed by atoms with E-state index in [1.165, 1.54) is 0 Å². The predicted molar refractivity (Wildman–Crippen MR) is 22.9 cm³/mol. The Morgan fingerprint density at radius 2 is 2.33 bits per heavy atom. The van der Waals surface area contributed by atoms with Crippen LogP contribution in [0.2, 0.25) is 0 Å². The Balaban J connectivity index is 2.28. The van der Waals surface area contributed by atoms with Gasteiger partial charge in [-0.25, -0.2) is 5.43 Å². The summed E-state index contributed by atoms with van der Waals surface area (Å²) in [4.78, 5) is 0. The zero-order valence-electron chi connectivity index (χ0n) is 2.97. The van der Waals surface area contributed by atoms with Crippen molar-refractivity contribution in [2.24, 2.45) is 11.6 Å². The van der Waals surface area contributed by atoms with E-state index in [0.717, 1.165) is 12.0 Å². The Morgan fingerprint density at radius 3 is 2.33 bits per heavy atom. The highest BCUT2D eigenvalue weighted by Crippen LogP contribution is 2.37. The Labute approximate surface area is 39.4 Å². The van der Waals surface area contributed by atoms with E-state index in [-0.39, 0.29) is 0 Å². The van der Waals surface area contributed by atoms with Crippen LogP contribution in [-0.4, -0.2) is 5.18 Å². The van der Waals surface area contributed by atoms with Gasteiger partial charge in [0.05, 0.1) is 12.0 Å². The fraction of sp³-hybridized carbons (Fsp3) is 1.00. The molecule has 36 valence electrons. The van der Waals surface area contributed by atoms with Gasteiger partial charge in [-0.2, -0.15) is 0 Å². The van der Waals surface area contributed by atoms with Crippen molar-refractivity contribution < 1.29 is 4.18 Å². The summed E-state index contributed by atoms with van der Waals surface area (Å²) in [6.45, 7) is 0. The molecule has 1 fully saturated rings. The third-order valence-electron chi connectivity index (χ3n) is 0.464. The Kier molecular flexibility index (Phi) is 0.782. The van der Waals surface area contributed by atoms with E-state index in [1.807, 2.05) is 0 Å².